The third-order valence-corrected chi connectivity index (χ3v) is 1.66. The summed E-state index contributed by atoms with van der Waals surface area (Å²) >= 11 is 3.31. The molecule has 0 aromatic heterocycles. The van der Waals surface area contributed by atoms with Gasteiger partial charge in [0.15, 0.2) is 0 Å². The Hall–Kier alpha value is -1.03. The standard InChI is InChI=1S/C6H5Br.C5H10O3/c7-6-4-2-1-3-5-6;1-5(2,3)8-4(6)7/h1-5H;1-3H3,(H,6,7). The van der Waals surface area contributed by atoms with Crippen molar-refractivity contribution in [2.75, 3.05) is 0 Å². The molecule has 0 bridgehead atoms. The van der Waals surface area contributed by atoms with E-state index in [9.17, 15) is 4.79 Å². The van der Waals surface area contributed by atoms with Crippen molar-refractivity contribution in [1.29, 1.82) is 0 Å². The molecule has 0 aliphatic heterocycles. The van der Waals surface area contributed by atoms with E-state index >= 15 is 0 Å². The van der Waals surface area contributed by atoms with Gasteiger partial charge < -0.3 is 9.84 Å². The fourth-order valence-electron chi connectivity index (χ4n) is 0.677. The molecule has 4 heteroatoms. The first-order chi connectivity index (χ1) is 6.81. The second kappa shape index (κ2) is 6.45. The maximum absolute atomic E-state index is 9.79. The quantitative estimate of drug-likeness (QED) is 0.730. The summed E-state index contributed by atoms with van der Waals surface area (Å²) in [5.41, 5.74) is -0.578. The predicted molar refractivity (Wildman–Crippen MR) is 63.0 cm³/mol. The zero-order valence-electron chi connectivity index (χ0n) is 9.03. The molecule has 0 fully saturated rings. The lowest BCUT2D eigenvalue weighted by atomic mass is 10.2. The summed E-state index contributed by atoms with van der Waals surface area (Å²) < 4.78 is 5.49. The van der Waals surface area contributed by atoms with Crippen LogP contribution in [0, 0.1) is 0 Å². The average molecular weight is 275 g/mol. The highest BCUT2D eigenvalue weighted by Crippen LogP contribution is 2.06. The first-order valence-corrected chi connectivity index (χ1v) is 5.23. The minimum Gasteiger partial charge on any atom is -0.450 e. The molecule has 1 aromatic rings. The summed E-state index contributed by atoms with van der Waals surface area (Å²) in [5, 5.41) is 8.03. The summed E-state index contributed by atoms with van der Waals surface area (Å²) in [5.74, 6) is 0. The van der Waals surface area contributed by atoms with Gasteiger partial charge in [-0.05, 0) is 32.9 Å². The summed E-state index contributed by atoms with van der Waals surface area (Å²) in [6.45, 7) is 5.04. The van der Waals surface area contributed by atoms with E-state index in [1.807, 2.05) is 30.3 Å². The van der Waals surface area contributed by atoms with Gasteiger partial charge >= 0.3 is 6.16 Å². The van der Waals surface area contributed by atoms with Crippen LogP contribution in [0.25, 0.3) is 0 Å². The average Bonchev–Trinajstić information content (AvgIpc) is 2.01. The van der Waals surface area contributed by atoms with Crippen molar-refractivity contribution in [3.8, 4) is 0 Å². The number of rotatable bonds is 0. The van der Waals surface area contributed by atoms with E-state index in [1.165, 1.54) is 0 Å². The molecule has 84 valence electrons. The Morgan fingerprint density at radius 2 is 1.73 bits per heavy atom. The summed E-state index contributed by atoms with van der Waals surface area (Å²) in [6, 6.07) is 9.97. The highest BCUT2D eigenvalue weighted by molar-refractivity contribution is 9.10. The molecule has 0 radical (unpaired) electrons. The molecule has 0 amide bonds. The molecule has 1 N–H and O–H groups in total. The predicted octanol–water partition coefficient (Wildman–Crippen LogP) is 3.93. The van der Waals surface area contributed by atoms with Crippen LogP contribution in [0.4, 0.5) is 4.79 Å². The molecule has 0 unspecified atom stereocenters. The monoisotopic (exact) mass is 274 g/mol. The summed E-state index contributed by atoms with van der Waals surface area (Å²) in [6.07, 6.45) is -1.22. The second-order valence-corrected chi connectivity index (χ2v) is 4.69. The maximum Gasteiger partial charge on any atom is 0.506 e. The zero-order valence-corrected chi connectivity index (χ0v) is 10.6. The Labute approximate surface area is 98.2 Å². The molecule has 0 saturated carbocycles. The van der Waals surface area contributed by atoms with Gasteiger partial charge in [0.2, 0.25) is 0 Å². The van der Waals surface area contributed by atoms with E-state index in [-0.39, 0.29) is 0 Å². The van der Waals surface area contributed by atoms with Crippen molar-refractivity contribution in [3.63, 3.8) is 0 Å². The molecule has 0 aliphatic carbocycles. The number of carbonyl (C=O) groups is 1. The maximum atomic E-state index is 9.79. The first kappa shape index (κ1) is 14.0. The highest BCUT2D eigenvalue weighted by atomic mass is 79.9. The third-order valence-electron chi connectivity index (χ3n) is 1.13. The van der Waals surface area contributed by atoms with Crippen LogP contribution in [-0.4, -0.2) is 16.9 Å². The normalized spacial score (nSPS) is 9.87. The Morgan fingerprint density at radius 3 is 1.87 bits per heavy atom. The van der Waals surface area contributed by atoms with Crippen molar-refractivity contribution in [1.82, 2.24) is 0 Å². The summed E-state index contributed by atoms with van der Waals surface area (Å²) in [7, 11) is 0. The van der Waals surface area contributed by atoms with Gasteiger partial charge in [-0.2, -0.15) is 0 Å². The number of ether oxygens (including phenoxy) is 1. The molecule has 1 aromatic carbocycles. The summed E-state index contributed by atoms with van der Waals surface area (Å²) in [4.78, 5) is 9.79. The first-order valence-electron chi connectivity index (χ1n) is 4.44. The number of hydrogen-bond acceptors (Lipinski definition) is 2. The Kier molecular flexibility index (Phi) is 6.01. The van der Waals surface area contributed by atoms with E-state index in [2.05, 4.69) is 20.7 Å². The van der Waals surface area contributed by atoms with Crippen LogP contribution in [0.1, 0.15) is 20.8 Å². The van der Waals surface area contributed by atoms with E-state index in [0.29, 0.717) is 0 Å². The highest BCUT2D eigenvalue weighted by Gasteiger charge is 2.13. The fourth-order valence-corrected chi connectivity index (χ4v) is 0.982. The molecule has 0 saturated heterocycles. The van der Waals surface area contributed by atoms with Gasteiger partial charge in [0.25, 0.3) is 0 Å². The molecule has 0 spiro atoms. The van der Waals surface area contributed by atoms with Crippen LogP contribution in [0.5, 0.6) is 0 Å². The van der Waals surface area contributed by atoms with Gasteiger partial charge in [0.1, 0.15) is 5.60 Å². The molecule has 0 atom stereocenters. The van der Waals surface area contributed by atoms with E-state index in [0.717, 1.165) is 4.47 Å². The van der Waals surface area contributed by atoms with Gasteiger partial charge in [-0.1, -0.05) is 34.1 Å². The number of hydrogen-bond donors (Lipinski definition) is 1. The number of carboxylic acid groups (broad SMARTS) is 1. The lowest BCUT2D eigenvalue weighted by molar-refractivity contribution is 0.0150. The van der Waals surface area contributed by atoms with E-state index in [4.69, 9.17) is 5.11 Å². The molecule has 0 heterocycles. The second-order valence-electron chi connectivity index (χ2n) is 3.78. The molecule has 1 rings (SSSR count). The van der Waals surface area contributed by atoms with Gasteiger partial charge in [0.05, 0.1) is 0 Å². The van der Waals surface area contributed by atoms with Crippen LogP contribution in [0.2, 0.25) is 0 Å². The van der Waals surface area contributed by atoms with Gasteiger partial charge in [0, 0.05) is 4.47 Å². The molecular weight excluding hydrogens is 260 g/mol. The minimum atomic E-state index is -1.22. The lowest BCUT2D eigenvalue weighted by Gasteiger charge is -2.15. The lowest BCUT2D eigenvalue weighted by Crippen LogP contribution is -2.22. The van der Waals surface area contributed by atoms with Crippen molar-refractivity contribution >= 4 is 22.1 Å². The van der Waals surface area contributed by atoms with Crippen molar-refractivity contribution in [3.05, 3.63) is 34.8 Å². The Balaban J connectivity index is 0.000000262. The number of halogens is 1. The van der Waals surface area contributed by atoms with E-state index in [1.54, 1.807) is 20.8 Å². The van der Waals surface area contributed by atoms with Crippen LogP contribution in [0.3, 0.4) is 0 Å². The molecular formula is C11H15BrO3. The fraction of sp³-hybridized carbons (Fsp3) is 0.364. The molecule has 0 aliphatic rings. The minimum absolute atomic E-state index is 0.578. The molecule has 15 heavy (non-hydrogen) atoms. The van der Waals surface area contributed by atoms with E-state index < -0.39 is 11.8 Å². The largest absolute Gasteiger partial charge is 0.506 e. The van der Waals surface area contributed by atoms with Crippen molar-refractivity contribution < 1.29 is 14.6 Å². The Morgan fingerprint density at radius 1 is 1.27 bits per heavy atom. The molecule has 3 nitrogen and oxygen atoms in total. The topological polar surface area (TPSA) is 46.5 Å². The third kappa shape index (κ3) is 10.9. The smallest absolute Gasteiger partial charge is 0.450 e. The van der Waals surface area contributed by atoms with Crippen molar-refractivity contribution in [2.45, 2.75) is 26.4 Å². The SMILES string of the molecule is Brc1ccccc1.CC(C)(C)OC(=O)O. The van der Waals surface area contributed by atoms with Gasteiger partial charge in [-0.15, -0.1) is 0 Å². The van der Waals surface area contributed by atoms with Crippen molar-refractivity contribution in [2.24, 2.45) is 0 Å². The Bertz CT molecular complexity index is 290. The van der Waals surface area contributed by atoms with Crippen LogP contribution >= 0.6 is 15.9 Å². The number of benzene rings is 1. The zero-order chi connectivity index (χ0) is 11.9. The van der Waals surface area contributed by atoms with Gasteiger partial charge in [-0.3, -0.25) is 0 Å². The van der Waals surface area contributed by atoms with Gasteiger partial charge in [-0.25, -0.2) is 4.79 Å². The van der Waals surface area contributed by atoms with Crippen LogP contribution < -0.4 is 0 Å². The van der Waals surface area contributed by atoms with Crippen LogP contribution in [0.15, 0.2) is 34.8 Å². The van der Waals surface area contributed by atoms with Crippen LogP contribution in [-0.2, 0) is 4.74 Å².